The number of halogens is 2. The zero-order chi connectivity index (χ0) is 27.3. The molecule has 1 atom stereocenters. The summed E-state index contributed by atoms with van der Waals surface area (Å²) in [6.07, 6.45) is 0. The molecule has 3 rings (SSSR count). The fourth-order valence-corrected chi connectivity index (χ4v) is 5.80. The quantitative estimate of drug-likeness (QED) is 0.368. The molecule has 0 saturated carbocycles. The third-order valence-electron chi connectivity index (χ3n) is 6.00. The topological polar surface area (TPSA) is 86.8 Å². The molecule has 1 unspecified atom stereocenters. The molecule has 10 heteroatoms. The minimum atomic E-state index is -4.13. The van der Waals surface area contributed by atoms with Crippen molar-refractivity contribution in [2.75, 3.05) is 17.9 Å². The first-order valence-electron chi connectivity index (χ1n) is 11.5. The molecule has 196 valence electrons. The van der Waals surface area contributed by atoms with Crippen molar-refractivity contribution in [3.05, 3.63) is 92.9 Å². The van der Waals surface area contributed by atoms with Crippen LogP contribution in [0.15, 0.2) is 76.1 Å². The number of aryl methyl sites for hydroxylation is 2. The third-order valence-corrected chi connectivity index (χ3v) is 8.53. The smallest absolute Gasteiger partial charge is 0.264 e. The number of carbonyl (C=O) groups is 2. The average Bonchev–Trinajstić information content (AvgIpc) is 2.86. The van der Waals surface area contributed by atoms with Gasteiger partial charge in [-0.2, -0.15) is 0 Å². The summed E-state index contributed by atoms with van der Waals surface area (Å²) in [4.78, 5) is 27.8. The molecule has 0 aliphatic carbocycles. The summed E-state index contributed by atoms with van der Waals surface area (Å²) in [5.74, 6) is -0.884. The van der Waals surface area contributed by atoms with Gasteiger partial charge < -0.3 is 10.2 Å². The number of anilines is 1. The molecule has 0 fully saturated rings. The van der Waals surface area contributed by atoms with Gasteiger partial charge in [0.05, 0.1) is 10.6 Å². The summed E-state index contributed by atoms with van der Waals surface area (Å²) < 4.78 is 29.6. The molecule has 0 bridgehead atoms. The number of amides is 2. The van der Waals surface area contributed by atoms with Crippen LogP contribution >= 0.6 is 27.5 Å². The van der Waals surface area contributed by atoms with E-state index in [1.165, 1.54) is 24.1 Å². The van der Waals surface area contributed by atoms with Crippen molar-refractivity contribution in [2.45, 2.75) is 38.3 Å². The fraction of sp³-hybridized carbons (Fsp3) is 0.259. The largest absolute Gasteiger partial charge is 0.357 e. The predicted octanol–water partition coefficient (Wildman–Crippen LogP) is 5.08. The summed E-state index contributed by atoms with van der Waals surface area (Å²) in [5.41, 5.74) is 2.62. The minimum Gasteiger partial charge on any atom is -0.357 e. The third kappa shape index (κ3) is 6.91. The van der Waals surface area contributed by atoms with Gasteiger partial charge in [0.25, 0.3) is 10.0 Å². The number of nitrogens with one attached hydrogen (secondary N) is 1. The Hall–Kier alpha value is -2.88. The maximum Gasteiger partial charge on any atom is 0.264 e. The van der Waals surface area contributed by atoms with E-state index in [4.69, 9.17) is 11.6 Å². The number of hydrogen-bond donors (Lipinski definition) is 1. The Morgan fingerprint density at radius 1 is 1.00 bits per heavy atom. The van der Waals surface area contributed by atoms with Gasteiger partial charge in [-0.05, 0) is 74.4 Å². The van der Waals surface area contributed by atoms with Crippen LogP contribution in [0, 0.1) is 13.8 Å². The highest BCUT2D eigenvalue weighted by Gasteiger charge is 2.33. The number of benzene rings is 3. The van der Waals surface area contributed by atoms with Crippen molar-refractivity contribution >= 4 is 55.1 Å². The van der Waals surface area contributed by atoms with Gasteiger partial charge in [0.2, 0.25) is 11.8 Å². The summed E-state index contributed by atoms with van der Waals surface area (Å²) >= 11 is 9.52. The lowest BCUT2D eigenvalue weighted by Gasteiger charge is -2.32. The normalized spacial score (nSPS) is 12.1. The first-order chi connectivity index (χ1) is 17.4. The van der Waals surface area contributed by atoms with E-state index in [1.54, 1.807) is 44.2 Å². The van der Waals surface area contributed by atoms with Gasteiger partial charge in [-0.15, -0.1) is 0 Å². The molecular formula is C27H29BrClN3O4S. The average molecular weight is 607 g/mol. The van der Waals surface area contributed by atoms with Gasteiger partial charge in [-0.3, -0.25) is 13.9 Å². The van der Waals surface area contributed by atoms with Crippen LogP contribution < -0.4 is 9.62 Å². The van der Waals surface area contributed by atoms with Crippen LogP contribution in [0.2, 0.25) is 5.02 Å². The SMILES string of the molecule is CNC(=O)C(C)N(Cc1ccc(Br)cc1)C(=O)CN(c1ccc(Cl)cc1C)S(=O)(=O)c1ccc(C)cc1. The van der Waals surface area contributed by atoms with E-state index in [9.17, 15) is 18.0 Å². The number of hydrogen-bond acceptors (Lipinski definition) is 4. The lowest BCUT2D eigenvalue weighted by atomic mass is 10.1. The molecule has 0 aromatic heterocycles. The molecule has 7 nitrogen and oxygen atoms in total. The molecule has 0 aliphatic heterocycles. The van der Waals surface area contributed by atoms with Gasteiger partial charge in [0.15, 0.2) is 0 Å². The van der Waals surface area contributed by atoms with Gasteiger partial charge in [0, 0.05) is 23.1 Å². The van der Waals surface area contributed by atoms with Crippen molar-refractivity contribution in [1.82, 2.24) is 10.2 Å². The molecule has 37 heavy (non-hydrogen) atoms. The van der Waals surface area contributed by atoms with Gasteiger partial charge >= 0.3 is 0 Å². The van der Waals surface area contributed by atoms with Crippen LogP contribution in [0.3, 0.4) is 0 Å². The zero-order valence-corrected chi connectivity index (χ0v) is 24.2. The predicted molar refractivity (Wildman–Crippen MR) is 150 cm³/mol. The summed E-state index contributed by atoms with van der Waals surface area (Å²) in [6, 6.07) is 17.8. The van der Waals surface area contributed by atoms with Crippen LogP contribution in [0.5, 0.6) is 0 Å². The Morgan fingerprint density at radius 3 is 2.19 bits per heavy atom. The van der Waals surface area contributed by atoms with Crippen LogP contribution in [-0.2, 0) is 26.2 Å². The van der Waals surface area contributed by atoms with Crippen LogP contribution in [0.1, 0.15) is 23.6 Å². The highest BCUT2D eigenvalue weighted by atomic mass is 79.9. The number of rotatable bonds is 9. The Kier molecular flexibility index (Phi) is 9.39. The Bertz CT molecular complexity index is 1380. The first kappa shape index (κ1) is 28.7. The fourth-order valence-electron chi connectivity index (χ4n) is 3.83. The molecule has 1 N–H and O–H groups in total. The molecule has 0 radical (unpaired) electrons. The Morgan fingerprint density at radius 2 is 1.62 bits per heavy atom. The maximum atomic E-state index is 13.8. The molecule has 0 saturated heterocycles. The van der Waals surface area contributed by atoms with Crippen LogP contribution in [0.25, 0.3) is 0 Å². The van der Waals surface area contributed by atoms with E-state index in [2.05, 4.69) is 21.2 Å². The van der Waals surface area contributed by atoms with Crippen molar-refractivity contribution in [3.63, 3.8) is 0 Å². The number of likely N-dealkylation sites (N-methyl/N-ethyl adjacent to an activating group) is 1. The van der Waals surface area contributed by atoms with E-state index < -0.39 is 28.5 Å². The number of carbonyl (C=O) groups excluding carboxylic acids is 2. The molecule has 0 aliphatic rings. The van der Waals surface area contributed by atoms with E-state index in [0.29, 0.717) is 16.3 Å². The number of nitrogens with zero attached hydrogens (tertiary/aromatic N) is 2. The maximum absolute atomic E-state index is 13.8. The molecule has 0 heterocycles. The summed E-state index contributed by atoms with van der Waals surface area (Å²) in [7, 11) is -2.64. The van der Waals surface area contributed by atoms with E-state index in [-0.39, 0.29) is 17.3 Å². The van der Waals surface area contributed by atoms with E-state index in [1.807, 2.05) is 31.2 Å². The summed E-state index contributed by atoms with van der Waals surface area (Å²) in [6.45, 7) is 4.83. The highest BCUT2D eigenvalue weighted by molar-refractivity contribution is 9.10. The molecule has 2 amide bonds. The Balaban J connectivity index is 2.06. The van der Waals surface area contributed by atoms with Crippen LogP contribution in [-0.4, -0.2) is 44.8 Å². The minimum absolute atomic E-state index is 0.0547. The van der Waals surface area contributed by atoms with E-state index >= 15 is 0 Å². The van der Waals surface area contributed by atoms with Crippen molar-refractivity contribution < 1.29 is 18.0 Å². The standard InChI is InChI=1S/C27H29BrClN3O4S/c1-18-5-12-24(13-6-18)37(35,36)32(25-14-11-23(29)15-19(25)2)17-26(33)31(20(3)27(34)30-4)16-21-7-9-22(28)10-8-21/h5-15,20H,16-17H2,1-4H3,(H,30,34). The lowest BCUT2D eigenvalue weighted by molar-refractivity contribution is -0.139. The monoisotopic (exact) mass is 605 g/mol. The van der Waals surface area contributed by atoms with Gasteiger partial charge in [0.1, 0.15) is 12.6 Å². The zero-order valence-electron chi connectivity index (χ0n) is 21.0. The van der Waals surface area contributed by atoms with Gasteiger partial charge in [-0.25, -0.2) is 8.42 Å². The second-order valence-electron chi connectivity index (χ2n) is 8.69. The first-order valence-corrected chi connectivity index (χ1v) is 14.2. The lowest BCUT2D eigenvalue weighted by Crippen LogP contribution is -2.50. The molecule has 0 spiro atoms. The molecular weight excluding hydrogens is 578 g/mol. The van der Waals surface area contributed by atoms with E-state index in [0.717, 1.165) is 19.9 Å². The van der Waals surface area contributed by atoms with Gasteiger partial charge in [-0.1, -0.05) is 57.4 Å². The highest BCUT2D eigenvalue weighted by Crippen LogP contribution is 2.29. The Labute approximate surface area is 231 Å². The molecule has 3 aromatic rings. The second kappa shape index (κ2) is 12.1. The van der Waals surface area contributed by atoms with Crippen molar-refractivity contribution in [2.24, 2.45) is 0 Å². The molecule has 3 aromatic carbocycles. The van der Waals surface area contributed by atoms with Crippen LogP contribution in [0.4, 0.5) is 5.69 Å². The van der Waals surface area contributed by atoms with Crippen molar-refractivity contribution in [3.8, 4) is 0 Å². The second-order valence-corrected chi connectivity index (χ2v) is 11.9. The van der Waals surface area contributed by atoms with Crippen molar-refractivity contribution in [1.29, 1.82) is 0 Å². The summed E-state index contributed by atoms with van der Waals surface area (Å²) in [5, 5.41) is 3.02. The number of sulfonamides is 1.